The van der Waals surface area contributed by atoms with Crippen molar-refractivity contribution in [2.45, 2.75) is 65.5 Å². The Morgan fingerprint density at radius 1 is 1.23 bits per heavy atom. The molecule has 0 fully saturated rings. The molecule has 0 aliphatic carbocycles. The second kappa shape index (κ2) is 11.8. The molecule has 0 aromatic carbocycles. The van der Waals surface area contributed by atoms with Crippen molar-refractivity contribution in [3.8, 4) is 0 Å². The number of aromatic nitrogens is 2. The average Bonchev–Trinajstić information content (AvgIpc) is 3.45. The van der Waals surface area contributed by atoms with Crippen molar-refractivity contribution < 1.29 is 28.7 Å². The number of H-pyrrole nitrogens is 1. The van der Waals surface area contributed by atoms with Gasteiger partial charge in [0.05, 0.1) is 24.7 Å². The van der Waals surface area contributed by atoms with E-state index >= 15 is 0 Å². The van der Waals surface area contributed by atoms with Crippen molar-refractivity contribution >= 4 is 46.9 Å². The number of hydrogen-bond donors (Lipinski definition) is 3. The molecule has 1 unspecified atom stereocenters. The van der Waals surface area contributed by atoms with Gasteiger partial charge in [-0.15, -0.1) is 11.3 Å². The number of amides is 2. The number of esters is 2. The molecule has 2 aromatic rings. The van der Waals surface area contributed by atoms with Crippen LogP contribution in [-0.4, -0.2) is 65.4 Å². The van der Waals surface area contributed by atoms with Gasteiger partial charge in [-0.1, -0.05) is 20.8 Å². The van der Waals surface area contributed by atoms with E-state index in [0.717, 1.165) is 23.3 Å². The Kier molecular flexibility index (Phi) is 8.62. The lowest BCUT2D eigenvalue weighted by Gasteiger charge is -2.26. The van der Waals surface area contributed by atoms with Crippen LogP contribution in [0.15, 0.2) is 10.9 Å². The second-order valence-corrected chi connectivity index (χ2v) is 12.2. The summed E-state index contributed by atoms with van der Waals surface area (Å²) in [5.74, 6) is -0.702. The van der Waals surface area contributed by atoms with Gasteiger partial charge in [0.1, 0.15) is 11.9 Å². The van der Waals surface area contributed by atoms with Crippen LogP contribution in [0.3, 0.4) is 0 Å². The number of nitrogens with zero attached hydrogens (tertiary/aromatic N) is 2. The predicted molar refractivity (Wildman–Crippen MR) is 148 cm³/mol. The van der Waals surface area contributed by atoms with Crippen LogP contribution in [0.4, 0.5) is 11.8 Å². The van der Waals surface area contributed by atoms with E-state index in [9.17, 15) is 24.0 Å². The van der Waals surface area contributed by atoms with E-state index in [4.69, 9.17) is 4.74 Å². The molecule has 0 bridgehead atoms. The van der Waals surface area contributed by atoms with Gasteiger partial charge < -0.3 is 19.7 Å². The lowest BCUT2D eigenvalue weighted by molar-refractivity contribution is -0.147. The van der Waals surface area contributed by atoms with Gasteiger partial charge in [-0.05, 0) is 43.2 Å². The minimum absolute atomic E-state index is 0.00270. The summed E-state index contributed by atoms with van der Waals surface area (Å²) < 4.78 is 9.54. The largest absolute Gasteiger partial charge is 0.469 e. The summed E-state index contributed by atoms with van der Waals surface area (Å²) in [4.78, 5) is 72.3. The van der Waals surface area contributed by atoms with Gasteiger partial charge in [-0.2, -0.15) is 4.98 Å². The molecule has 2 amide bonds. The van der Waals surface area contributed by atoms with E-state index in [0.29, 0.717) is 29.2 Å². The van der Waals surface area contributed by atoms with Crippen LogP contribution >= 0.6 is 11.3 Å². The van der Waals surface area contributed by atoms with Crippen molar-refractivity contribution in [1.82, 2.24) is 14.9 Å². The predicted octanol–water partition coefficient (Wildman–Crippen LogP) is 2.48. The summed E-state index contributed by atoms with van der Waals surface area (Å²) in [6.45, 7) is 6.25. The summed E-state index contributed by atoms with van der Waals surface area (Å²) >= 11 is 1.41. The topological polar surface area (TPSA) is 160 Å². The molecule has 0 saturated heterocycles. The highest BCUT2D eigenvalue weighted by molar-refractivity contribution is 7.14. The quantitative estimate of drug-likeness (QED) is 0.383. The minimum atomic E-state index is -0.859. The van der Waals surface area contributed by atoms with Gasteiger partial charge in [-0.25, -0.2) is 4.79 Å². The highest BCUT2D eigenvalue weighted by Gasteiger charge is 2.39. The number of ether oxygens (including phenoxy) is 2. The smallest absolute Gasteiger partial charge is 0.328 e. The number of carbonyl (C=O) groups excluding carboxylic acids is 4. The van der Waals surface area contributed by atoms with E-state index in [-0.39, 0.29) is 48.6 Å². The summed E-state index contributed by atoms with van der Waals surface area (Å²) in [7, 11) is 2.53. The molecule has 2 aromatic heterocycles. The van der Waals surface area contributed by atoms with Crippen LogP contribution in [0.25, 0.3) is 0 Å². The molecule has 4 heterocycles. The van der Waals surface area contributed by atoms with E-state index in [1.807, 2.05) is 6.07 Å². The number of anilines is 2. The van der Waals surface area contributed by atoms with E-state index in [2.05, 4.69) is 25.3 Å². The molecule has 216 valence electrons. The normalized spacial score (nSPS) is 17.0. The zero-order valence-electron chi connectivity index (χ0n) is 23.3. The maximum Gasteiger partial charge on any atom is 0.328 e. The van der Waals surface area contributed by atoms with Gasteiger partial charge in [0.15, 0.2) is 0 Å². The average molecular weight is 574 g/mol. The molecule has 2 aliphatic heterocycles. The molecule has 0 saturated carbocycles. The van der Waals surface area contributed by atoms with Crippen LogP contribution in [0.1, 0.15) is 65.7 Å². The number of aromatic amines is 1. The van der Waals surface area contributed by atoms with Crippen LogP contribution < -0.4 is 16.2 Å². The number of nitrogens with one attached hydrogen (secondary N) is 3. The van der Waals surface area contributed by atoms with Crippen LogP contribution in [0, 0.1) is 11.3 Å². The first-order chi connectivity index (χ1) is 18.9. The third-order valence-electron chi connectivity index (χ3n) is 7.13. The first kappa shape index (κ1) is 29.2. The Morgan fingerprint density at radius 3 is 2.62 bits per heavy atom. The Hall–Kier alpha value is -3.74. The van der Waals surface area contributed by atoms with Gasteiger partial charge >= 0.3 is 11.9 Å². The summed E-state index contributed by atoms with van der Waals surface area (Å²) in [5, 5.41) is 5.90. The van der Waals surface area contributed by atoms with E-state index < -0.39 is 23.4 Å². The van der Waals surface area contributed by atoms with Crippen LogP contribution in [0.5, 0.6) is 0 Å². The number of rotatable bonds is 9. The first-order valence-corrected chi connectivity index (χ1v) is 14.0. The third kappa shape index (κ3) is 6.35. The molecule has 2 atom stereocenters. The molecule has 40 heavy (non-hydrogen) atoms. The Morgan fingerprint density at radius 2 is 1.98 bits per heavy atom. The van der Waals surface area contributed by atoms with E-state index in [1.165, 1.54) is 30.5 Å². The molecular formula is C27H35N5O7S. The standard InChI is InChI=1S/C27H35N5O7S/c1-27(2,3)25(37)31-26-29-21-17(22(34)30-26)10-14(12-28-21)6-7-16-11-15-13-32(23(35)20(15)40-16)18(24(36)39-5)8-9-19(33)38-4/h11,14,18H,6-10,12-13H2,1-5H3,(H3,28,29,30,31,34,37)/t14?,18-/m0/s1. The fourth-order valence-corrected chi connectivity index (χ4v) is 5.92. The zero-order chi connectivity index (χ0) is 29.2. The molecular weight excluding hydrogens is 538 g/mol. The molecule has 0 spiro atoms. The van der Waals surface area contributed by atoms with Gasteiger partial charge in [0.2, 0.25) is 11.9 Å². The van der Waals surface area contributed by atoms with Gasteiger partial charge in [0.25, 0.3) is 11.5 Å². The number of hydrogen-bond acceptors (Lipinski definition) is 10. The van der Waals surface area contributed by atoms with Crippen molar-refractivity contribution in [3.63, 3.8) is 0 Å². The maximum absolute atomic E-state index is 13.1. The third-order valence-corrected chi connectivity index (χ3v) is 8.36. The fourth-order valence-electron chi connectivity index (χ4n) is 4.78. The highest BCUT2D eigenvalue weighted by atomic mass is 32.1. The van der Waals surface area contributed by atoms with E-state index in [1.54, 1.807) is 20.8 Å². The number of fused-ring (bicyclic) bond motifs is 2. The minimum Gasteiger partial charge on any atom is -0.469 e. The zero-order valence-corrected chi connectivity index (χ0v) is 24.2. The summed E-state index contributed by atoms with van der Waals surface area (Å²) in [6.07, 6.45) is 2.22. The molecule has 12 nitrogen and oxygen atoms in total. The Labute approximate surface area is 235 Å². The summed E-state index contributed by atoms with van der Waals surface area (Å²) in [6, 6.07) is 1.14. The highest BCUT2D eigenvalue weighted by Crippen LogP contribution is 2.35. The van der Waals surface area contributed by atoms with Crippen molar-refractivity contribution in [2.24, 2.45) is 11.3 Å². The lowest BCUT2D eigenvalue weighted by atomic mass is 9.92. The fraction of sp³-hybridized carbons (Fsp3) is 0.556. The number of thiophene rings is 1. The maximum atomic E-state index is 13.1. The molecule has 4 rings (SSSR count). The molecule has 2 aliphatic rings. The molecule has 13 heteroatoms. The number of methoxy groups -OCH3 is 2. The monoisotopic (exact) mass is 573 g/mol. The molecule has 3 N–H and O–H groups in total. The van der Waals surface area contributed by atoms with Gasteiger partial charge in [0, 0.05) is 29.8 Å². The summed E-state index contributed by atoms with van der Waals surface area (Å²) in [5.41, 5.74) is 0.519. The first-order valence-electron chi connectivity index (χ1n) is 13.2. The lowest BCUT2D eigenvalue weighted by Crippen LogP contribution is -2.42. The van der Waals surface area contributed by atoms with Gasteiger partial charge in [-0.3, -0.25) is 29.5 Å². The number of carbonyl (C=O) groups is 4. The molecule has 0 radical (unpaired) electrons. The SMILES string of the molecule is COC(=O)CC[C@@H](C(=O)OC)N1Cc2cc(CCC3CNc4nc(NC(=O)C(C)(C)C)[nH]c(=O)c4C3)sc2C1=O. The second-order valence-electron chi connectivity index (χ2n) is 11.1. The number of aryl methyl sites for hydroxylation is 1. The Bertz CT molecular complexity index is 1380. The van der Waals surface area contributed by atoms with Crippen LogP contribution in [-0.2, 0) is 43.2 Å². The van der Waals surface area contributed by atoms with Crippen molar-refractivity contribution in [1.29, 1.82) is 0 Å². The van der Waals surface area contributed by atoms with Crippen LogP contribution in [0.2, 0.25) is 0 Å². The Balaban J connectivity index is 1.36. The van der Waals surface area contributed by atoms with Crippen molar-refractivity contribution in [3.05, 3.63) is 37.3 Å². The van der Waals surface area contributed by atoms with Crippen molar-refractivity contribution in [2.75, 3.05) is 31.4 Å².